The number of sulfonamides is 1. The highest BCUT2D eigenvalue weighted by Gasteiger charge is 2.17. The van der Waals surface area contributed by atoms with Gasteiger partial charge >= 0.3 is 0 Å². The number of nitro groups is 1. The first-order valence-corrected chi connectivity index (χ1v) is 9.64. The average molecular weight is 395 g/mol. The van der Waals surface area contributed by atoms with Crippen molar-refractivity contribution in [1.29, 1.82) is 0 Å². The molecule has 4 rings (SSSR count). The predicted octanol–water partition coefficient (Wildman–Crippen LogP) is 4.20. The van der Waals surface area contributed by atoms with Crippen LogP contribution in [0.2, 0.25) is 0 Å². The smallest absolute Gasteiger partial charge is 0.269 e. The molecule has 0 unspecified atom stereocenters. The molecule has 1 heterocycles. The maximum Gasteiger partial charge on any atom is 0.269 e. The monoisotopic (exact) mass is 395 g/mol. The highest BCUT2D eigenvalue weighted by Crippen LogP contribution is 2.27. The van der Waals surface area contributed by atoms with E-state index in [4.69, 9.17) is 4.42 Å². The third-order valence-corrected chi connectivity index (χ3v) is 5.41. The summed E-state index contributed by atoms with van der Waals surface area (Å²) in [5.41, 5.74) is 2.08. The topological polar surface area (TPSA) is 115 Å². The number of aromatic nitrogens is 1. The molecule has 0 amide bonds. The molecular weight excluding hydrogens is 382 g/mol. The first kappa shape index (κ1) is 17.7. The van der Waals surface area contributed by atoms with E-state index in [2.05, 4.69) is 9.71 Å². The maximum absolute atomic E-state index is 12.6. The number of para-hydroxylation sites is 2. The summed E-state index contributed by atoms with van der Waals surface area (Å²) in [6.45, 7) is 0. The van der Waals surface area contributed by atoms with E-state index in [-0.39, 0.29) is 10.6 Å². The van der Waals surface area contributed by atoms with Gasteiger partial charge in [-0.1, -0.05) is 18.2 Å². The highest BCUT2D eigenvalue weighted by atomic mass is 32.2. The van der Waals surface area contributed by atoms with E-state index < -0.39 is 14.9 Å². The Hall–Kier alpha value is -3.72. The van der Waals surface area contributed by atoms with Gasteiger partial charge in [-0.15, -0.1) is 0 Å². The second kappa shape index (κ2) is 6.78. The van der Waals surface area contributed by atoms with E-state index in [1.54, 1.807) is 30.3 Å². The molecule has 0 aliphatic rings. The molecule has 0 radical (unpaired) electrons. The minimum Gasteiger partial charge on any atom is -0.436 e. The van der Waals surface area contributed by atoms with Gasteiger partial charge in [0, 0.05) is 23.4 Å². The summed E-state index contributed by atoms with van der Waals surface area (Å²) in [6.07, 6.45) is 0. The van der Waals surface area contributed by atoms with Crippen molar-refractivity contribution >= 4 is 32.5 Å². The zero-order chi connectivity index (χ0) is 19.7. The fraction of sp³-hybridized carbons (Fsp3) is 0. The molecule has 1 aromatic heterocycles. The van der Waals surface area contributed by atoms with Crippen LogP contribution in [-0.4, -0.2) is 18.3 Å². The minimum absolute atomic E-state index is 0.0784. The molecule has 1 N–H and O–H groups in total. The number of hydrogen-bond donors (Lipinski definition) is 1. The van der Waals surface area contributed by atoms with Gasteiger partial charge in [0.25, 0.3) is 15.7 Å². The zero-order valence-corrected chi connectivity index (χ0v) is 15.1. The van der Waals surface area contributed by atoms with Gasteiger partial charge in [0.05, 0.1) is 9.82 Å². The van der Waals surface area contributed by atoms with Crippen molar-refractivity contribution in [2.75, 3.05) is 4.72 Å². The van der Waals surface area contributed by atoms with E-state index in [0.29, 0.717) is 28.2 Å². The lowest BCUT2D eigenvalue weighted by Gasteiger charge is -2.08. The predicted molar refractivity (Wildman–Crippen MR) is 103 cm³/mol. The SMILES string of the molecule is O=[N+]([O-])c1ccc(S(=O)(=O)Nc2cccc(-c3nc4ccccc4o3)c2)cc1. The van der Waals surface area contributed by atoms with Crippen LogP contribution in [0.3, 0.4) is 0 Å². The molecule has 9 heteroatoms. The number of nitro benzene ring substituents is 1. The van der Waals surface area contributed by atoms with Gasteiger partial charge in [-0.2, -0.15) is 0 Å². The maximum atomic E-state index is 12.6. The third-order valence-electron chi connectivity index (χ3n) is 4.01. The molecule has 0 aliphatic carbocycles. The largest absolute Gasteiger partial charge is 0.436 e. The Morgan fingerprint density at radius 1 is 0.964 bits per heavy atom. The molecule has 3 aromatic carbocycles. The number of anilines is 1. The van der Waals surface area contributed by atoms with Crippen LogP contribution in [0.1, 0.15) is 0 Å². The van der Waals surface area contributed by atoms with Gasteiger partial charge in [-0.05, 0) is 42.5 Å². The molecule has 4 aromatic rings. The van der Waals surface area contributed by atoms with Crippen molar-refractivity contribution in [3.63, 3.8) is 0 Å². The van der Waals surface area contributed by atoms with Gasteiger partial charge in [0.1, 0.15) is 5.52 Å². The van der Waals surface area contributed by atoms with Crippen LogP contribution >= 0.6 is 0 Å². The summed E-state index contributed by atoms with van der Waals surface area (Å²) in [5.74, 6) is 0.373. The van der Waals surface area contributed by atoms with Gasteiger partial charge in [-0.25, -0.2) is 13.4 Å². The molecule has 0 saturated carbocycles. The van der Waals surface area contributed by atoms with Crippen molar-refractivity contribution in [3.05, 3.63) is 82.9 Å². The van der Waals surface area contributed by atoms with Crippen molar-refractivity contribution in [2.24, 2.45) is 0 Å². The van der Waals surface area contributed by atoms with Crippen molar-refractivity contribution in [3.8, 4) is 11.5 Å². The lowest BCUT2D eigenvalue weighted by molar-refractivity contribution is -0.384. The number of nitrogens with one attached hydrogen (secondary N) is 1. The number of oxazole rings is 1. The van der Waals surface area contributed by atoms with E-state index in [1.165, 1.54) is 12.1 Å². The average Bonchev–Trinajstić information content (AvgIpc) is 3.12. The van der Waals surface area contributed by atoms with Crippen LogP contribution in [-0.2, 0) is 10.0 Å². The summed E-state index contributed by atoms with van der Waals surface area (Å²) < 4.78 is 33.3. The Bertz CT molecular complexity index is 1250. The number of rotatable bonds is 5. The summed E-state index contributed by atoms with van der Waals surface area (Å²) in [6, 6.07) is 18.6. The second-order valence-electron chi connectivity index (χ2n) is 5.92. The van der Waals surface area contributed by atoms with Gasteiger partial charge in [-0.3, -0.25) is 14.8 Å². The van der Waals surface area contributed by atoms with E-state index >= 15 is 0 Å². The molecular formula is C19H13N3O5S. The van der Waals surface area contributed by atoms with Crippen LogP contribution in [0.25, 0.3) is 22.6 Å². The first-order valence-electron chi connectivity index (χ1n) is 8.16. The molecule has 0 fully saturated rings. The fourth-order valence-corrected chi connectivity index (χ4v) is 3.72. The van der Waals surface area contributed by atoms with Crippen LogP contribution in [0, 0.1) is 10.1 Å². The molecule has 8 nitrogen and oxygen atoms in total. The molecule has 140 valence electrons. The molecule has 0 spiro atoms. The summed E-state index contributed by atoms with van der Waals surface area (Å²) in [4.78, 5) is 14.4. The summed E-state index contributed by atoms with van der Waals surface area (Å²) >= 11 is 0. The van der Waals surface area contributed by atoms with E-state index in [9.17, 15) is 18.5 Å². The number of fused-ring (bicyclic) bond motifs is 1. The minimum atomic E-state index is -3.90. The Morgan fingerprint density at radius 2 is 1.71 bits per heavy atom. The highest BCUT2D eigenvalue weighted by molar-refractivity contribution is 7.92. The van der Waals surface area contributed by atoms with Gasteiger partial charge in [0.15, 0.2) is 5.58 Å². The lowest BCUT2D eigenvalue weighted by Crippen LogP contribution is -2.12. The zero-order valence-electron chi connectivity index (χ0n) is 14.3. The standard InChI is InChI=1S/C19H13N3O5S/c23-22(24)15-8-10-16(11-9-15)28(25,26)21-14-5-3-4-13(12-14)19-20-17-6-1-2-7-18(17)27-19/h1-12,21H. The Kier molecular flexibility index (Phi) is 4.28. The summed E-state index contributed by atoms with van der Waals surface area (Å²) in [5, 5.41) is 10.7. The van der Waals surface area contributed by atoms with Crippen molar-refractivity contribution < 1.29 is 17.8 Å². The lowest BCUT2D eigenvalue weighted by atomic mass is 10.2. The first-order chi connectivity index (χ1) is 13.4. The van der Waals surface area contributed by atoms with E-state index in [0.717, 1.165) is 12.1 Å². The molecule has 0 aliphatic heterocycles. The molecule has 0 atom stereocenters. The second-order valence-corrected chi connectivity index (χ2v) is 7.61. The van der Waals surface area contributed by atoms with Crippen LogP contribution in [0.5, 0.6) is 0 Å². The Labute approximate surface area is 159 Å². The van der Waals surface area contributed by atoms with Gasteiger partial charge in [0.2, 0.25) is 5.89 Å². The van der Waals surface area contributed by atoms with Crippen molar-refractivity contribution in [1.82, 2.24) is 4.98 Å². The number of benzene rings is 3. The number of hydrogen-bond acceptors (Lipinski definition) is 6. The van der Waals surface area contributed by atoms with Crippen molar-refractivity contribution in [2.45, 2.75) is 4.90 Å². The Balaban J connectivity index is 1.63. The van der Waals surface area contributed by atoms with Gasteiger partial charge < -0.3 is 4.42 Å². The molecule has 0 bridgehead atoms. The van der Waals surface area contributed by atoms with Crippen LogP contribution in [0.4, 0.5) is 11.4 Å². The fourth-order valence-electron chi connectivity index (χ4n) is 2.67. The quantitative estimate of drug-likeness (QED) is 0.400. The normalized spacial score (nSPS) is 11.4. The van der Waals surface area contributed by atoms with Crippen LogP contribution in [0.15, 0.2) is 82.1 Å². The Morgan fingerprint density at radius 3 is 2.43 bits per heavy atom. The van der Waals surface area contributed by atoms with E-state index in [1.807, 2.05) is 18.2 Å². The third kappa shape index (κ3) is 3.42. The summed E-state index contributed by atoms with van der Waals surface area (Å²) in [7, 11) is -3.90. The molecule has 28 heavy (non-hydrogen) atoms. The molecule has 0 saturated heterocycles. The number of nitrogens with zero attached hydrogens (tertiary/aromatic N) is 2. The number of non-ortho nitro benzene ring substituents is 1. The van der Waals surface area contributed by atoms with Crippen LogP contribution < -0.4 is 4.72 Å².